The first kappa shape index (κ1) is 12.2. The molecule has 0 aliphatic heterocycles. The van der Waals surface area contributed by atoms with Gasteiger partial charge in [-0.25, -0.2) is 0 Å². The van der Waals surface area contributed by atoms with Gasteiger partial charge in [0.25, 0.3) is 0 Å². The van der Waals surface area contributed by atoms with Crippen LogP contribution in [0.4, 0.5) is 0 Å². The first-order valence-electron chi connectivity index (χ1n) is 4.63. The Bertz CT molecular complexity index is 166. The highest BCUT2D eigenvalue weighted by molar-refractivity contribution is 5.76. The van der Waals surface area contributed by atoms with Crippen LogP contribution in [0.5, 0.6) is 0 Å². The first-order valence-corrected chi connectivity index (χ1v) is 4.63. The summed E-state index contributed by atoms with van der Waals surface area (Å²) < 4.78 is 0. The van der Waals surface area contributed by atoms with Gasteiger partial charge in [-0.05, 0) is 12.3 Å². The second kappa shape index (κ2) is 6.66. The number of carbonyl (C=O) groups excluding carboxylic acids is 1. The van der Waals surface area contributed by atoms with E-state index in [0.717, 1.165) is 0 Å². The summed E-state index contributed by atoms with van der Waals surface area (Å²) in [5, 5.41) is 11.7. The van der Waals surface area contributed by atoms with Crippen LogP contribution in [0.15, 0.2) is 12.7 Å². The van der Waals surface area contributed by atoms with E-state index in [0.29, 0.717) is 12.8 Å². The molecule has 13 heavy (non-hydrogen) atoms. The van der Waals surface area contributed by atoms with Crippen LogP contribution >= 0.6 is 0 Å². The van der Waals surface area contributed by atoms with Gasteiger partial charge in [0.15, 0.2) is 0 Å². The largest absolute Gasteiger partial charge is 0.394 e. The second-order valence-electron chi connectivity index (χ2n) is 3.43. The maximum absolute atomic E-state index is 11.2. The lowest BCUT2D eigenvalue weighted by Crippen LogP contribution is -2.40. The molecule has 76 valence electrons. The molecular formula is C10H19NO2. The summed E-state index contributed by atoms with van der Waals surface area (Å²) in [6, 6.07) is -0.127. The highest BCUT2D eigenvalue weighted by Gasteiger charge is 2.13. The number of nitrogens with one attached hydrogen (secondary N) is 1. The summed E-state index contributed by atoms with van der Waals surface area (Å²) >= 11 is 0. The summed E-state index contributed by atoms with van der Waals surface area (Å²) in [5.74, 6) is 0.241. The average molecular weight is 185 g/mol. The van der Waals surface area contributed by atoms with Crippen LogP contribution in [0.2, 0.25) is 0 Å². The Labute approximate surface area is 79.8 Å². The molecular weight excluding hydrogens is 166 g/mol. The molecule has 0 rings (SSSR count). The Hall–Kier alpha value is -0.830. The van der Waals surface area contributed by atoms with E-state index >= 15 is 0 Å². The molecule has 0 aliphatic carbocycles. The lowest BCUT2D eigenvalue weighted by Gasteiger charge is -2.19. The van der Waals surface area contributed by atoms with E-state index < -0.39 is 0 Å². The summed E-state index contributed by atoms with van der Waals surface area (Å²) in [6.07, 6.45) is 2.84. The Morgan fingerprint density at radius 2 is 2.23 bits per heavy atom. The Morgan fingerprint density at radius 3 is 2.62 bits per heavy atom. The second-order valence-corrected chi connectivity index (χ2v) is 3.43. The zero-order valence-corrected chi connectivity index (χ0v) is 8.42. The molecule has 0 fully saturated rings. The fraction of sp³-hybridized carbons (Fsp3) is 0.700. The van der Waals surface area contributed by atoms with E-state index in [1.807, 2.05) is 13.8 Å². The Kier molecular flexibility index (Phi) is 6.24. The highest BCUT2D eigenvalue weighted by Crippen LogP contribution is 2.01. The fourth-order valence-electron chi connectivity index (χ4n) is 0.935. The van der Waals surface area contributed by atoms with E-state index in [1.165, 1.54) is 0 Å². The van der Waals surface area contributed by atoms with E-state index in [-0.39, 0.29) is 24.5 Å². The van der Waals surface area contributed by atoms with Gasteiger partial charge in [-0.15, -0.1) is 6.58 Å². The molecule has 0 aliphatic rings. The van der Waals surface area contributed by atoms with E-state index in [4.69, 9.17) is 5.11 Å². The molecule has 3 heteroatoms. The molecule has 0 saturated carbocycles. The molecule has 0 radical (unpaired) electrons. The topological polar surface area (TPSA) is 49.3 Å². The van der Waals surface area contributed by atoms with Crippen molar-refractivity contribution in [3.8, 4) is 0 Å². The van der Waals surface area contributed by atoms with Crippen LogP contribution in [0.25, 0.3) is 0 Å². The number of aliphatic hydroxyl groups excluding tert-OH is 1. The average Bonchev–Trinajstić information content (AvgIpc) is 2.10. The molecule has 3 nitrogen and oxygen atoms in total. The predicted molar refractivity (Wildman–Crippen MR) is 53.3 cm³/mol. The highest BCUT2D eigenvalue weighted by atomic mass is 16.3. The maximum Gasteiger partial charge on any atom is 0.220 e. The van der Waals surface area contributed by atoms with Crippen molar-refractivity contribution < 1.29 is 9.90 Å². The monoisotopic (exact) mass is 185 g/mol. The van der Waals surface area contributed by atoms with Crippen LogP contribution in [0.3, 0.4) is 0 Å². The van der Waals surface area contributed by atoms with Gasteiger partial charge < -0.3 is 10.4 Å². The Balaban J connectivity index is 3.79. The summed E-state index contributed by atoms with van der Waals surface area (Å²) in [4.78, 5) is 11.2. The SMILES string of the molecule is C=CCCC(=O)NC(CO)C(C)C. The van der Waals surface area contributed by atoms with E-state index in [2.05, 4.69) is 11.9 Å². The smallest absolute Gasteiger partial charge is 0.220 e. The van der Waals surface area contributed by atoms with Gasteiger partial charge in [-0.1, -0.05) is 19.9 Å². The molecule has 0 saturated heterocycles. The fourth-order valence-corrected chi connectivity index (χ4v) is 0.935. The number of amides is 1. The number of allylic oxidation sites excluding steroid dienone is 1. The predicted octanol–water partition coefficient (Wildman–Crippen LogP) is 1.09. The summed E-state index contributed by atoms with van der Waals surface area (Å²) in [5.41, 5.74) is 0. The van der Waals surface area contributed by atoms with E-state index in [1.54, 1.807) is 6.08 Å². The molecule has 0 aromatic rings. The third kappa shape index (κ3) is 5.42. The van der Waals surface area contributed by atoms with Crippen molar-refractivity contribution in [3.63, 3.8) is 0 Å². The molecule has 2 N–H and O–H groups in total. The minimum atomic E-state index is -0.127. The molecule has 0 aromatic carbocycles. The van der Waals surface area contributed by atoms with Crippen LogP contribution in [-0.2, 0) is 4.79 Å². The number of hydrogen-bond acceptors (Lipinski definition) is 2. The standard InChI is InChI=1S/C10H19NO2/c1-4-5-6-10(13)11-9(7-12)8(2)3/h4,8-9,12H,1,5-7H2,2-3H3,(H,11,13). The molecule has 1 amide bonds. The van der Waals surface area contributed by atoms with Crippen molar-refractivity contribution >= 4 is 5.91 Å². The molecule has 1 unspecified atom stereocenters. The molecule has 0 heterocycles. The first-order chi connectivity index (χ1) is 6.11. The van der Waals surface area contributed by atoms with Gasteiger partial charge in [0, 0.05) is 6.42 Å². The number of aliphatic hydroxyl groups is 1. The minimum Gasteiger partial charge on any atom is -0.394 e. The van der Waals surface area contributed by atoms with Gasteiger partial charge in [-0.2, -0.15) is 0 Å². The van der Waals surface area contributed by atoms with Gasteiger partial charge in [0.2, 0.25) is 5.91 Å². The van der Waals surface area contributed by atoms with Crippen molar-refractivity contribution in [1.82, 2.24) is 5.32 Å². The van der Waals surface area contributed by atoms with Crippen LogP contribution in [0, 0.1) is 5.92 Å². The lowest BCUT2D eigenvalue weighted by atomic mass is 10.1. The molecule has 1 atom stereocenters. The zero-order valence-electron chi connectivity index (χ0n) is 8.42. The zero-order chi connectivity index (χ0) is 10.3. The van der Waals surface area contributed by atoms with Crippen molar-refractivity contribution in [2.45, 2.75) is 32.7 Å². The molecule has 0 bridgehead atoms. The minimum absolute atomic E-state index is 0.00248. The van der Waals surface area contributed by atoms with Crippen LogP contribution in [-0.4, -0.2) is 23.7 Å². The van der Waals surface area contributed by atoms with Crippen molar-refractivity contribution in [2.24, 2.45) is 5.92 Å². The van der Waals surface area contributed by atoms with E-state index in [9.17, 15) is 4.79 Å². The van der Waals surface area contributed by atoms with Gasteiger partial charge >= 0.3 is 0 Å². The number of carbonyl (C=O) groups is 1. The summed E-state index contributed by atoms with van der Waals surface area (Å²) in [7, 11) is 0. The lowest BCUT2D eigenvalue weighted by molar-refractivity contribution is -0.122. The normalized spacial score (nSPS) is 12.6. The van der Waals surface area contributed by atoms with Gasteiger partial charge in [-0.3, -0.25) is 4.79 Å². The number of rotatable bonds is 6. The van der Waals surface area contributed by atoms with Crippen molar-refractivity contribution in [1.29, 1.82) is 0 Å². The van der Waals surface area contributed by atoms with Crippen LogP contribution < -0.4 is 5.32 Å². The third-order valence-electron chi connectivity index (χ3n) is 1.92. The maximum atomic E-state index is 11.2. The molecule has 0 aromatic heterocycles. The van der Waals surface area contributed by atoms with Crippen molar-refractivity contribution in [3.05, 3.63) is 12.7 Å². The Morgan fingerprint density at radius 1 is 1.62 bits per heavy atom. The van der Waals surface area contributed by atoms with Gasteiger partial charge in [0.05, 0.1) is 12.6 Å². The molecule has 0 spiro atoms. The van der Waals surface area contributed by atoms with Gasteiger partial charge in [0.1, 0.15) is 0 Å². The van der Waals surface area contributed by atoms with Crippen LogP contribution in [0.1, 0.15) is 26.7 Å². The quantitative estimate of drug-likeness (QED) is 0.608. The third-order valence-corrected chi connectivity index (χ3v) is 1.92. The summed E-state index contributed by atoms with van der Waals surface area (Å²) in [6.45, 7) is 7.47. The van der Waals surface area contributed by atoms with Crippen molar-refractivity contribution in [2.75, 3.05) is 6.61 Å². The number of hydrogen-bond donors (Lipinski definition) is 2.